The summed E-state index contributed by atoms with van der Waals surface area (Å²) < 4.78 is 0. The zero-order chi connectivity index (χ0) is 36.6. The van der Waals surface area contributed by atoms with Crippen molar-refractivity contribution in [3.63, 3.8) is 0 Å². The Morgan fingerprint density at radius 1 is 0.745 bits per heavy atom. The van der Waals surface area contributed by atoms with Gasteiger partial charge in [-0.1, -0.05) is 98.9 Å². The summed E-state index contributed by atoms with van der Waals surface area (Å²) in [7, 11) is 0. The van der Waals surface area contributed by atoms with Gasteiger partial charge in [0.2, 0.25) is 0 Å². The van der Waals surface area contributed by atoms with Crippen LogP contribution < -0.4 is 0 Å². The number of aromatic nitrogens is 3. The molecule has 6 heteroatoms. The number of allylic oxidation sites excluding steroid dienone is 14. The normalized spacial score (nSPS) is 15.0. The Bertz CT molecular complexity index is 2010. The summed E-state index contributed by atoms with van der Waals surface area (Å²) in [5, 5.41) is 0. The number of aliphatic imine (C=N–C) groups is 3. The molecule has 1 aliphatic rings. The van der Waals surface area contributed by atoms with Gasteiger partial charge in [-0.3, -0.25) is 9.98 Å². The molecule has 1 aromatic heterocycles. The molecule has 1 aliphatic heterocycles. The average molecular weight is 675 g/mol. The van der Waals surface area contributed by atoms with Crippen LogP contribution in [0.5, 0.6) is 0 Å². The van der Waals surface area contributed by atoms with Gasteiger partial charge in [-0.2, -0.15) is 0 Å². The maximum atomic E-state index is 5.08. The number of nitrogens with zero attached hydrogens (tertiary/aromatic N) is 6. The molecule has 0 saturated carbocycles. The first-order valence-electron chi connectivity index (χ1n) is 17.7. The number of benzene rings is 2. The quantitative estimate of drug-likeness (QED) is 0.126. The molecular weight excluding hydrogens is 625 g/mol. The van der Waals surface area contributed by atoms with Gasteiger partial charge < -0.3 is 0 Å². The van der Waals surface area contributed by atoms with Gasteiger partial charge >= 0.3 is 0 Å². The Hall–Kier alpha value is -5.62. The van der Waals surface area contributed by atoms with E-state index in [0.717, 1.165) is 87.4 Å². The van der Waals surface area contributed by atoms with E-state index in [1.165, 1.54) is 0 Å². The van der Waals surface area contributed by atoms with Gasteiger partial charge in [-0.15, -0.1) is 0 Å². The van der Waals surface area contributed by atoms with Gasteiger partial charge in [-0.05, 0) is 112 Å². The average Bonchev–Trinajstić information content (AvgIpc) is 3.17. The Morgan fingerprint density at radius 3 is 2.16 bits per heavy atom. The molecule has 0 aliphatic carbocycles. The fourth-order valence-corrected chi connectivity index (χ4v) is 5.35. The van der Waals surface area contributed by atoms with E-state index in [0.29, 0.717) is 17.5 Å². The molecule has 0 atom stereocenters. The molecule has 3 aromatic rings. The highest BCUT2D eigenvalue weighted by atomic mass is 15.0. The van der Waals surface area contributed by atoms with E-state index in [4.69, 9.17) is 15.0 Å². The lowest BCUT2D eigenvalue weighted by atomic mass is 9.95. The predicted molar refractivity (Wildman–Crippen MR) is 222 cm³/mol. The monoisotopic (exact) mass is 674 g/mol. The first-order valence-corrected chi connectivity index (χ1v) is 17.7. The van der Waals surface area contributed by atoms with Crippen molar-refractivity contribution in [2.24, 2.45) is 15.0 Å². The van der Waals surface area contributed by atoms with Crippen LogP contribution in [0.25, 0.3) is 44.9 Å². The largest absolute Gasteiger partial charge is 0.266 e. The number of amidine groups is 1. The third kappa shape index (κ3) is 10.7. The molecule has 0 amide bonds. The second-order valence-electron chi connectivity index (χ2n) is 12.2. The van der Waals surface area contributed by atoms with Crippen LogP contribution in [0.4, 0.5) is 0 Å². The summed E-state index contributed by atoms with van der Waals surface area (Å²) in [6, 6.07) is 15.0. The Balaban J connectivity index is 1.93. The molecule has 0 N–H and O–H groups in total. The molecule has 0 bridgehead atoms. The fourth-order valence-electron chi connectivity index (χ4n) is 5.35. The Kier molecular flexibility index (Phi) is 14.6. The molecular formula is C45H50N6. The van der Waals surface area contributed by atoms with Gasteiger partial charge in [0.1, 0.15) is 5.84 Å². The highest BCUT2D eigenvalue weighted by Crippen LogP contribution is 2.32. The van der Waals surface area contributed by atoms with E-state index in [9.17, 15) is 0 Å². The van der Waals surface area contributed by atoms with Crippen LogP contribution in [0, 0.1) is 0 Å². The number of hydrogen-bond donors (Lipinski definition) is 0. The summed E-state index contributed by atoms with van der Waals surface area (Å²) in [6.45, 7) is 19.0. The molecule has 0 fully saturated rings. The molecule has 260 valence electrons. The van der Waals surface area contributed by atoms with Crippen molar-refractivity contribution in [1.82, 2.24) is 15.0 Å². The van der Waals surface area contributed by atoms with Crippen molar-refractivity contribution in [3.05, 3.63) is 138 Å². The van der Waals surface area contributed by atoms with E-state index >= 15 is 0 Å². The van der Waals surface area contributed by atoms with Gasteiger partial charge in [0.15, 0.2) is 17.5 Å². The lowest BCUT2D eigenvalue weighted by molar-refractivity contribution is 0.996. The smallest absolute Gasteiger partial charge is 0.164 e. The minimum atomic E-state index is 0.615. The minimum Gasteiger partial charge on any atom is -0.266 e. The summed E-state index contributed by atoms with van der Waals surface area (Å²) in [6.07, 6.45) is 27.3. The van der Waals surface area contributed by atoms with Gasteiger partial charge in [-0.25, -0.2) is 19.9 Å². The Labute approximate surface area is 304 Å². The van der Waals surface area contributed by atoms with E-state index in [-0.39, 0.29) is 0 Å². The zero-order valence-electron chi connectivity index (χ0n) is 31.2. The number of hydrogen-bond acceptors (Lipinski definition) is 6. The molecule has 4 rings (SSSR count). The van der Waals surface area contributed by atoms with Crippen LogP contribution in [-0.4, -0.2) is 40.3 Å². The van der Waals surface area contributed by atoms with Gasteiger partial charge in [0, 0.05) is 35.9 Å². The molecule has 51 heavy (non-hydrogen) atoms. The van der Waals surface area contributed by atoms with E-state index in [1.807, 2.05) is 63.4 Å². The lowest BCUT2D eigenvalue weighted by Crippen LogP contribution is -2.04. The van der Waals surface area contributed by atoms with Crippen LogP contribution in [-0.2, 0) is 0 Å². The maximum absolute atomic E-state index is 5.08. The first-order chi connectivity index (χ1) is 24.8. The summed E-state index contributed by atoms with van der Waals surface area (Å²) in [5.41, 5.74) is 9.96. The van der Waals surface area contributed by atoms with E-state index in [2.05, 4.69) is 122 Å². The van der Waals surface area contributed by atoms with Crippen LogP contribution in [0.15, 0.2) is 130 Å². The van der Waals surface area contributed by atoms with Crippen molar-refractivity contribution in [1.29, 1.82) is 0 Å². The molecule has 2 aromatic carbocycles. The fraction of sp³-hybridized carbons (Fsp3) is 0.244. The third-order valence-electron chi connectivity index (χ3n) is 8.18. The van der Waals surface area contributed by atoms with Crippen molar-refractivity contribution in [2.45, 2.75) is 67.7 Å². The van der Waals surface area contributed by atoms with Crippen molar-refractivity contribution < 1.29 is 0 Å². The van der Waals surface area contributed by atoms with E-state index in [1.54, 1.807) is 0 Å². The number of rotatable bonds is 14. The van der Waals surface area contributed by atoms with Crippen LogP contribution in [0.1, 0.15) is 90.5 Å². The third-order valence-corrected chi connectivity index (χ3v) is 8.18. The molecule has 0 unspecified atom stereocenters. The highest BCUT2D eigenvalue weighted by molar-refractivity contribution is 6.03. The van der Waals surface area contributed by atoms with Gasteiger partial charge in [0.25, 0.3) is 0 Å². The molecule has 6 nitrogen and oxygen atoms in total. The standard InChI is InChI=1S/C45H50N6/c1-9-13-15-20-41(46-8)36-25-23-35(24-26-36)39-29-38(32(5)21-22-34(7)42-47-27-16-28-48-42)30-40(31-39)45-50-43(33(6)19-14-10-2)49-44(51-45)37(17-11-3)18-12-4/h10-11,13-15,17-27,29-31H,8-9,12,16,28H2,1-7H3/b14-10-,15-13-,17-11-,32-21+,33-19+,34-22+,37-18+,41-20-. The first kappa shape index (κ1) is 38.2. The summed E-state index contributed by atoms with van der Waals surface area (Å²) in [5.74, 6) is 2.69. The highest BCUT2D eigenvalue weighted by Gasteiger charge is 2.15. The molecule has 0 saturated heterocycles. The SMILES string of the molecule is C=N/C(=C\C=C/CC)c1ccc(-c2cc(/C(C)=C/C=C(\C)C3=NCCC=N3)cc(-c3nc(/C(C)=C/C=C\C)nc(C(/C=C\C)=C/CC)n3)c2)cc1. The Morgan fingerprint density at radius 2 is 1.49 bits per heavy atom. The summed E-state index contributed by atoms with van der Waals surface area (Å²) >= 11 is 0. The molecule has 2 heterocycles. The maximum Gasteiger partial charge on any atom is 0.164 e. The topological polar surface area (TPSA) is 75.8 Å². The predicted octanol–water partition coefficient (Wildman–Crippen LogP) is 11.8. The second-order valence-corrected chi connectivity index (χ2v) is 12.2. The van der Waals surface area contributed by atoms with Crippen LogP contribution in [0.2, 0.25) is 0 Å². The van der Waals surface area contributed by atoms with Gasteiger partial charge in [0.05, 0.1) is 5.70 Å². The van der Waals surface area contributed by atoms with E-state index < -0.39 is 0 Å². The van der Waals surface area contributed by atoms with Crippen LogP contribution >= 0.6 is 0 Å². The minimum absolute atomic E-state index is 0.615. The molecule has 0 spiro atoms. The second kappa shape index (κ2) is 19.5. The molecule has 0 radical (unpaired) electrons. The van der Waals surface area contributed by atoms with Crippen LogP contribution in [0.3, 0.4) is 0 Å². The lowest BCUT2D eigenvalue weighted by Gasteiger charge is -2.13. The van der Waals surface area contributed by atoms with Crippen molar-refractivity contribution in [3.8, 4) is 22.5 Å². The van der Waals surface area contributed by atoms with Crippen molar-refractivity contribution >= 4 is 41.2 Å². The zero-order valence-corrected chi connectivity index (χ0v) is 31.2. The van der Waals surface area contributed by atoms with Crippen molar-refractivity contribution in [2.75, 3.05) is 6.54 Å². The summed E-state index contributed by atoms with van der Waals surface area (Å²) in [4.78, 5) is 28.4.